The first kappa shape index (κ1) is 11.0. The summed E-state index contributed by atoms with van der Waals surface area (Å²) < 4.78 is 6.29. The highest BCUT2D eigenvalue weighted by Gasteiger charge is 2.05. The third-order valence-corrected chi connectivity index (χ3v) is 3.82. The van der Waals surface area contributed by atoms with E-state index in [4.69, 9.17) is 4.74 Å². The normalized spacial score (nSPS) is 10.6. The van der Waals surface area contributed by atoms with Crippen LogP contribution in [-0.2, 0) is 5.33 Å². The lowest BCUT2D eigenvalue weighted by Crippen LogP contribution is -1.86. The molecule has 1 nitrogen and oxygen atoms in total. The summed E-state index contributed by atoms with van der Waals surface area (Å²) in [7, 11) is 1.68. The second-order valence-electron chi connectivity index (χ2n) is 3.27. The van der Waals surface area contributed by atoms with Gasteiger partial charge < -0.3 is 4.74 Å². The van der Waals surface area contributed by atoms with E-state index in [1.165, 1.54) is 16.3 Å². The van der Waals surface area contributed by atoms with Crippen LogP contribution in [0.1, 0.15) is 5.56 Å². The third kappa shape index (κ3) is 2.04. The number of alkyl halides is 1. The zero-order valence-electron chi connectivity index (χ0n) is 8.26. The van der Waals surface area contributed by atoms with Crippen molar-refractivity contribution >= 4 is 42.6 Å². The minimum atomic E-state index is 0.868. The van der Waals surface area contributed by atoms with Gasteiger partial charge >= 0.3 is 0 Å². The molecule has 0 fully saturated rings. The van der Waals surface area contributed by atoms with Crippen molar-refractivity contribution in [3.05, 3.63) is 40.4 Å². The number of rotatable bonds is 2. The number of hydrogen-bond donors (Lipinski definition) is 0. The molecule has 0 heterocycles. The molecule has 0 bridgehead atoms. The minimum Gasteiger partial charge on any atom is -0.496 e. The van der Waals surface area contributed by atoms with Crippen molar-refractivity contribution in [2.24, 2.45) is 0 Å². The highest BCUT2D eigenvalue weighted by Crippen LogP contribution is 2.33. The van der Waals surface area contributed by atoms with E-state index >= 15 is 0 Å². The first-order chi connectivity index (χ1) is 7.26. The zero-order chi connectivity index (χ0) is 10.8. The van der Waals surface area contributed by atoms with Gasteiger partial charge in [-0.3, -0.25) is 0 Å². The number of halogens is 2. The van der Waals surface area contributed by atoms with Crippen molar-refractivity contribution in [3.8, 4) is 5.75 Å². The summed E-state index contributed by atoms with van der Waals surface area (Å²) in [5, 5.41) is 3.27. The van der Waals surface area contributed by atoms with Gasteiger partial charge in [0.2, 0.25) is 0 Å². The summed E-state index contributed by atoms with van der Waals surface area (Å²) in [6.07, 6.45) is 0. The molecule has 0 atom stereocenters. The Morgan fingerprint density at radius 3 is 2.60 bits per heavy atom. The van der Waals surface area contributed by atoms with Gasteiger partial charge in [-0.2, -0.15) is 0 Å². The molecule has 0 N–H and O–H groups in total. The Bertz CT molecular complexity index is 489. The summed E-state index contributed by atoms with van der Waals surface area (Å²) >= 11 is 7.02. The van der Waals surface area contributed by atoms with Crippen molar-refractivity contribution in [2.75, 3.05) is 7.11 Å². The Hall–Kier alpha value is -0.540. The van der Waals surface area contributed by atoms with Crippen molar-refractivity contribution in [1.29, 1.82) is 0 Å². The van der Waals surface area contributed by atoms with E-state index < -0.39 is 0 Å². The standard InChI is InChI=1S/C12H10Br2O/c1-15-11-5-4-9-3-2-8(7-13)6-10(9)12(11)14/h2-6H,7H2,1H3. The van der Waals surface area contributed by atoms with Crippen LogP contribution >= 0.6 is 31.9 Å². The lowest BCUT2D eigenvalue weighted by Gasteiger charge is -2.07. The lowest BCUT2D eigenvalue weighted by molar-refractivity contribution is 0.413. The fourth-order valence-corrected chi connectivity index (χ4v) is 2.54. The second kappa shape index (κ2) is 4.54. The molecule has 0 aliphatic rings. The van der Waals surface area contributed by atoms with E-state index in [-0.39, 0.29) is 0 Å². The maximum absolute atomic E-state index is 5.27. The van der Waals surface area contributed by atoms with Gasteiger partial charge in [0.1, 0.15) is 5.75 Å². The minimum absolute atomic E-state index is 0.868. The van der Waals surface area contributed by atoms with Crippen LogP contribution in [0, 0.1) is 0 Å². The molecule has 2 aromatic rings. The van der Waals surface area contributed by atoms with Crippen LogP contribution in [0.25, 0.3) is 10.8 Å². The van der Waals surface area contributed by atoms with Gasteiger partial charge in [0.05, 0.1) is 11.6 Å². The van der Waals surface area contributed by atoms with E-state index in [1.807, 2.05) is 6.07 Å². The molecule has 0 unspecified atom stereocenters. The largest absolute Gasteiger partial charge is 0.496 e. The Morgan fingerprint density at radius 2 is 1.93 bits per heavy atom. The molecule has 0 amide bonds. The summed E-state index contributed by atoms with van der Waals surface area (Å²) in [5.41, 5.74) is 1.26. The zero-order valence-corrected chi connectivity index (χ0v) is 11.4. The molecule has 0 aliphatic carbocycles. The maximum Gasteiger partial charge on any atom is 0.133 e. The van der Waals surface area contributed by atoms with Gasteiger partial charge in [-0.15, -0.1) is 0 Å². The molecule has 0 aliphatic heterocycles. The van der Waals surface area contributed by atoms with Crippen LogP contribution in [0.2, 0.25) is 0 Å². The van der Waals surface area contributed by atoms with Crippen LogP contribution < -0.4 is 4.74 Å². The first-order valence-electron chi connectivity index (χ1n) is 4.57. The SMILES string of the molecule is COc1ccc2ccc(CBr)cc2c1Br. The van der Waals surface area contributed by atoms with Crippen molar-refractivity contribution in [2.45, 2.75) is 5.33 Å². The number of benzene rings is 2. The Kier molecular flexibility index (Phi) is 3.32. The van der Waals surface area contributed by atoms with Crippen molar-refractivity contribution in [3.63, 3.8) is 0 Å². The summed E-state index contributed by atoms with van der Waals surface area (Å²) in [5.74, 6) is 0.870. The van der Waals surface area contributed by atoms with Gasteiger partial charge in [-0.25, -0.2) is 0 Å². The van der Waals surface area contributed by atoms with E-state index in [0.29, 0.717) is 0 Å². The molecule has 3 heteroatoms. The Morgan fingerprint density at radius 1 is 1.20 bits per heavy atom. The van der Waals surface area contributed by atoms with Gasteiger partial charge in [0, 0.05) is 5.33 Å². The van der Waals surface area contributed by atoms with Gasteiger partial charge in [-0.1, -0.05) is 34.1 Å². The number of methoxy groups -OCH3 is 1. The average Bonchev–Trinajstić information content (AvgIpc) is 2.29. The van der Waals surface area contributed by atoms with Crippen LogP contribution in [-0.4, -0.2) is 7.11 Å². The monoisotopic (exact) mass is 328 g/mol. The number of fused-ring (bicyclic) bond motifs is 1. The quantitative estimate of drug-likeness (QED) is 0.737. The number of ether oxygens (including phenoxy) is 1. The fraction of sp³-hybridized carbons (Fsp3) is 0.167. The van der Waals surface area contributed by atoms with Crippen molar-refractivity contribution < 1.29 is 4.74 Å². The van der Waals surface area contributed by atoms with Gasteiger partial charge in [0.25, 0.3) is 0 Å². The number of hydrogen-bond acceptors (Lipinski definition) is 1. The summed E-state index contributed by atoms with van der Waals surface area (Å²) in [4.78, 5) is 0. The van der Waals surface area contributed by atoms with E-state index in [0.717, 1.165) is 15.6 Å². The van der Waals surface area contributed by atoms with Crippen LogP contribution in [0.3, 0.4) is 0 Å². The molecule has 15 heavy (non-hydrogen) atoms. The molecule has 2 aromatic carbocycles. The van der Waals surface area contributed by atoms with Crippen LogP contribution in [0.4, 0.5) is 0 Å². The molecule has 78 valence electrons. The highest BCUT2D eigenvalue weighted by molar-refractivity contribution is 9.10. The smallest absolute Gasteiger partial charge is 0.133 e. The summed E-state index contributed by atoms with van der Waals surface area (Å²) in [6.45, 7) is 0. The second-order valence-corrected chi connectivity index (χ2v) is 4.62. The first-order valence-corrected chi connectivity index (χ1v) is 6.49. The van der Waals surface area contributed by atoms with Gasteiger partial charge in [-0.05, 0) is 44.4 Å². The molecule has 2 rings (SSSR count). The molecule has 0 radical (unpaired) electrons. The van der Waals surface area contributed by atoms with Crippen molar-refractivity contribution in [1.82, 2.24) is 0 Å². The van der Waals surface area contributed by atoms with Crippen LogP contribution in [0.15, 0.2) is 34.8 Å². The van der Waals surface area contributed by atoms with Gasteiger partial charge in [0.15, 0.2) is 0 Å². The van der Waals surface area contributed by atoms with E-state index in [1.54, 1.807) is 7.11 Å². The predicted octanol–water partition coefficient (Wildman–Crippen LogP) is 4.51. The maximum atomic E-state index is 5.27. The van der Waals surface area contributed by atoms with E-state index in [2.05, 4.69) is 56.1 Å². The molecular formula is C12H10Br2O. The average molecular weight is 330 g/mol. The molecule has 0 saturated heterocycles. The molecule has 0 aromatic heterocycles. The third-order valence-electron chi connectivity index (χ3n) is 2.36. The van der Waals surface area contributed by atoms with E-state index in [9.17, 15) is 0 Å². The van der Waals surface area contributed by atoms with Crippen LogP contribution in [0.5, 0.6) is 5.75 Å². The Labute approximate surface area is 106 Å². The highest BCUT2D eigenvalue weighted by atomic mass is 79.9. The molecule has 0 saturated carbocycles. The Balaban J connectivity index is 2.72. The molecular weight excluding hydrogens is 320 g/mol. The topological polar surface area (TPSA) is 9.23 Å². The lowest BCUT2D eigenvalue weighted by atomic mass is 10.1. The fourth-order valence-electron chi connectivity index (χ4n) is 1.55. The molecule has 0 spiro atoms. The predicted molar refractivity (Wildman–Crippen MR) is 70.8 cm³/mol. The summed E-state index contributed by atoms with van der Waals surface area (Å²) in [6, 6.07) is 10.4.